The Morgan fingerprint density at radius 3 is 3.00 bits per heavy atom. The van der Waals surface area contributed by atoms with Crippen LogP contribution >= 0.6 is 0 Å². The van der Waals surface area contributed by atoms with Crippen LogP contribution in [0.5, 0.6) is 0 Å². The number of alkyl halides is 1. The van der Waals surface area contributed by atoms with Crippen LogP contribution in [0.2, 0.25) is 0 Å². The Morgan fingerprint density at radius 1 is 1.70 bits per heavy atom. The maximum absolute atomic E-state index is 11.6. The molecule has 1 rings (SSSR count). The molecule has 1 unspecified atom stereocenters. The summed E-state index contributed by atoms with van der Waals surface area (Å²) in [5.41, 5.74) is 0.935. The van der Waals surface area contributed by atoms with Crippen LogP contribution in [-0.4, -0.2) is 12.7 Å². The molecule has 0 saturated heterocycles. The Morgan fingerprint density at radius 2 is 2.50 bits per heavy atom. The van der Waals surface area contributed by atoms with E-state index in [2.05, 4.69) is 10.2 Å². The SMILES string of the molecule is CC1C=C(CCCF)N=N1. The van der Waals surface area contributed by atoms with Crippen molar-refractivity contribution in [3.8, 4) is 0 Å². The molecule has 0 aromatic carbocycles. The van der Waals surface area contributed by atoms with Gasteiger partial charge in [-0.1, -0.05) is 0 Å². The number of azo groups is 1. The van der Waals surface area contributed by atoms with Crippen molar-refractivity contribution in [1.29, 1.82) is 0 Å². The second kappa shape index (κ2) is 3.44. The zero-order valence-corrected chi connectivity index (χ0v) is 6.05. The van der Waals surface area contributed by atoms with Crippen LogP contribution in [-0.2, 0) is 0 Å². The molecule has 56 valence electrons. The van der Waals surface area contributed by atoms with Crippen molar-refractivity contribution in [3.05, 3.63) is 11.8 Å². The summed E-state index contributed by atoms with van der Waals surface area (Å²) in [4.78, 5) is 0. The number of hydrogen-bond acceptors (Lipinski definition) is 2. The Balaban J connectivity index is 2.30. The summed E-state index contributed by atoms with van der Waals surface area (Å²) < 4.78 is 11.6. The van der Waals surface area contributed by atoms with Crippen LogP contribution < -0.4 is 0 Å². The molecule has 0 aromatic rings. The van der Waals surface area contributed by atoms with Gasteiger partial charge in [-0.3, -0.25) is 4.39 Å². The molecule has 1 atom stereocenters. The standard InChI is InChI=1S/C7H11FN2/c1-6-5-7(10-9-6)3-2-4-8/h5-6H,2-4H2,1H3. The van der Waals surface area contributed by atoms with E-state index in [1.807, 2.05) is 13.0 Å². The first-order chi connectivity index (χ1) is 4.83. The fraction of sp³-hybridized carbons (Fsp3) is 0.714. The molecule has 0 aliphatic carbocycles. The molecule has 0 saturated carbocycles. The number of rotatable bonds is 3. The monoisotopic (exact) mass is 142 g/mol. The molecule has 0 N–H and O–H groups in total. The molecule has 3 heteroatoms. The summed E-state index contributed by atoms with van der Waals surface area (Å²) in [6.45, 7) is 1.70. The molecule has 0 spiro atoms. The van der Waals surface area contributed by atoms with Crippen molar-refractivity contribution in [2.24, 2.45) is 10.2 Å². The molecule has 1 aliphatic rings. The predicted octanol–water partition coefficient (Wildman–Crippen LogP) is 2.47. The first-order valence-corrected chi connectivity index (χ1v) is 3.50. The van der Waals surface area contributed by atoms with Gasteiger partial charge in [0.1, 0.15) is 0 Å². The molecular weight excluding hydrogens is 131 g/mol. The molecule has 10 heavy (non-hydrogen) atoms. The van der Waals surface area contributed by atoms with E-state index in [4.69, 9.17) is 0 Å². The van der Waals surface area contributed by atoms with Gasteiger partial charge in [0.2, 0.25) is 0 Å². The number of nitrogens with zero attached hydrogens (tertiary/aromatic N) is 2. The molecule has 0 fully saturated rings. The van der Waals surface area contributed by atoms with Gasteiger partial charge < -0.3 is 0 Å². The second-order valence-corrected chi connectivity index (χ2v) is 2.41. The summed E-state index contributed by atoms with van der Waals surface area (Å²) in [5.74, 6) is 0. The van der Waals surface area contributed by atoms with Crippen molar-refractivity contribution in [3.63, 3.8) is 0 Å². The van der Waals surface area contributed by atoms with Crippen LogP contribution in [0.15, 0.2) is 22.0 Å². The highest BCUT2D eigenvalue weighted by Crippen LogP contribution is 2.16. The third-order valence-electron chi connectivity index (χ3n) is 1.37. The number of hydrogen-bond donors (Lipinski definition) is 0. The first-order valence-electron chi connectivity index (χ1n) is 3.50. The highest BCUT2D eigenvalue weighted by Gasteiger charge is 2.05. The lowest BCUT2D eigenvalue weighted by Gasteiger charge is -1.90. The molecule has 2 nitrogen and oxygen atoms in total. The highest BCUT2D eigenvalue weighted by molar-refractivity contribution is 5.08. The summed E-state index contributed by atoms with van der Waals surface area (Å²) in [6.07, 6.45) is 3.26. The normalized spacial score (nSPS) is 23.4. The van der Waals surface area contributed by atoms with Gasteiger partial charge in [-0.05, 0) is 25.8 Å². The largest absolute Gasteiger partial charge is 0.251 e. The lowest BCUT2D eigenvalue weighted by molar-refractivity contribution is 0.472. The fourth-order valence-corrected chi connectivity index (χ4v) is 0.892. The summed E-state index contributed by atoms with van der Waals surface area (Å²) in [7, 11) is 0. The lowest BCUT2D eigenvalue weighted by Crippen LogP contribution is -1.85. The first kappa shape index (κ1) is 7.38. The van der Waals surface area contributed by atoms with E-state index in [9.17, 15) is 4.39 Å². The second-order valence-electron chi connectivity index (χ2n) is 2.41. The van der Waals surface area contributed by atoms with Gasteiger partial charge in [-0.2, -0.15) is 10.2 Å². The van der Waals surface area contributed by atoms with Crippen molar-refractivity contribution >= 4 is 0 Å². The molecule has 0 radical (unpaired) electrons. The van der Waals surface area contributed by atoms with E-state index in [1.165, 1.54) is 0 Å². The average molecular weight is 142 g/mol. The van der Waals surface area contributed by atoms with Gasteiger partial charge in [0.25, 0.3) is 0 Å². The number of halogens is 1. The van der Waals surface area contributed by atoms with Crippen LogP contribution in [0.1, 0.15) is 19.8 Å². The van der Waals surface area contributed by atoms with E-state index >= 15 is 0 Å². The summed E-state index contributed by atoms with van der Waals surface area (Å²) in [5, 5.41) is 7.75. The van der Waals surface area contributed by atoms with E-state index in [1.54, 1.807) is 0 Å². The maximum atomic E-state index is 11.6. The highest BCUT2D eigenvalue weighted by atomic mass is 19.1. The van der Waals surface area contributed by atoms with Crippen LogP contribution in [0.4, 0.5) is 4.39 Å². The van der Waals surface area contributed by atoms with E-state index < -0.39 is 0 Å². The molecule has 0 aromatic heterocycles. The minimum absolute atomic E-state index is 0.203. The van der Waals surface area contributed by atoms with Gasteiger partial charge in [-0.25, -0.2) is 0 Å². The van der Waals surface area contributed by atoms with Crippen molar-refractivity contribution < 1.29 is 4.39 Å². The fourth-order valence-electron chi connectivity index (χ4n) is 0.892. The van der Waals surface area contributed by atoms with Gasteiger partial charge in [0, 0.05) is 0 Å². The molecular formula is C7H11FN2. The van der Waals surface area contributed by atoms with Crippen LogP contribution in [0, 0.1) is 0 Å². The number of allylic oxidation sites excluding steroid dienone is 1. The molecule has 1 aliphatic heterocycles. The Hall–Kier alpha value is -0.730. The minimum Gasteiger partial charge on any atom is -0.251 e. The smallest absolute Gasteiger partial charge is 0.0898 e. The van der Waals surface area contributed by atoms with Crippen molar-refractivity contribution in [1.82, 2.24) is 0 Å². The van der Waals surface area contributed by atoms with Gasteiger partial charge in [0.15, 0.2) is 0 Å². The van der Waals surface area contributed by atoms with Crippen LogP contribution in [0.3, 0.4) is 0 Å². The molecule has 0 amide bonds. The van der Waals surface area contributed by atoms with E-state index in [0.29, 0.717) is 6.42 Å². The molecule has 0 bridgehead atoms. The minimum atomic E-state index is -0.263. The zero-order valence-electron chi connectivity index (χ0n) is 6.05. The quantitative estimate of drug-likeness (QED) is 0.578. The topological polar surface area (TPSA) is 24.7 Å². The lowest BCUT2D eigenvalue weighted by atomic mass is 10.2. The predicted molar refractivity (Wildman–Crippen MR) is 37.6 cm³/mol. The Bertz CT molecular complexity index is 163. The van der Waals surface area contributed by atoms with Gasteiger partial charge >= 0.3 is 0 Å². The third kappa shape index (κ3) is 1.90. The molecule has 1 heterocycles. The van der Waals surface area contributed by atoms with E-state index in [-0.39, 0.29) is 12.7 Å². The zero-order chi connectivity index (χ0) is 7.40. The summed E-state index contributed by atoms with van der Waals surface area (Å²) in [6, 6.07) is 0.203. The Kier molecular flexibility index (Phi) is 2.54. The third-order valence-corrected chi connectivity index (χ3v) is 1.37. The van der Waals surface area contributed by atoms with E-state index in [0.717, 1.165) is 12.1 Å². The van der Waals surface area contributed by atoms with Gasteiger partial charge in [0.05, 0.1) is 18.4 Å². The Labute approximate surface area is 59.8 Å². The van der Waals surface area contributed by atoms with Crippen molar-refractivity contribution in [2.45, 2.75) is 25.8 Å². The van der Waals surface area contributed by atoms with Crippen molar-refractivity contribution in [2.75, 3.05) is 6.67 Å². The maximum Gasteiger partial charge on any atom is 0.0898 e. The van der Waals surface area contributed by atoms with Crippen LogP contribution in [0.25, 0.3) is 0 Å². The van der Waals surface area contributed by atoms with Gasteiger partial charge in [-0.15, -0.1) is 0 Å². The summed E-state index contributed by atoms with van der Waals surface area (Å²) >= 11 is 0. The average Bonchev–Trinajstić information content (AvgIpc) is 2.31.